The number of sulfone groups is 1. The summed E-state index contributed by atoms with van der Waals surface area (Å²) in [6.45, 7) is 1.17. The summed E-state index contributed by atoms with van der Waals surface area (Å²) < 4.78 is 60.5. The molecule has 190 valence electrons. The average molecular weight is 523 g/mol. The lowest BCUT2D eigenvalue weighted by Gasteiger charge is -2.18. The number of anilines is 1. The maximum atomic E-state index is 13.7. The number of ether oxygens (including phenoxy) is 5. The van der Waals surface area contributed by atoms with Crippen molar-refractivity contribution >= 4 is 15.7 Å². The minimum Gasteiger partial charge on any atom is -0.497 e. The Bertz CT molecular complexity index is 1560. The Morgan fingerprint density at radius 2 is 1.57 bits per heavy atom. The summed E-state index contributed by atoms with van der Waals surface area (Å²) in [7, 11) is -2.52. The number of benzene rings is 3. The first-order chi connectivity index (χ1) is 18.0. The molecule has 0 amide bonds. The van der Waals surface area contributed by atoms with E-state index in [1.165, 1.54) is 12.1 Å². The quantitative estimate of drug-likeness (QED) is 0.376. The summed E-state index contributed by atoms with van der Waals surface area (Å²) in [6, 6.07) is 16.9. The van der Waals surface area contributed by atoms with Crippen LogP contribution in [0.5, 0.6) is 28.7 Å². The molecule has 4 aromatic rings. The van der Waals surface area contributed by atoms with E-state index in [-0.39, 0.29) is 35.0 Å². The van der Waals surface area contributed by atoms with Gasteiger partial charge in [0.05, 0.1) is 12.0 Å². The molecule has 0 bridgehead atoms. The lowest BCUT2D eigenvalue weighted by atomic mass is 10.2. The second-order valence-corrected chi connectivity index (χ2v) is 10.1. The van der Waals surface area contributed by atoms with Crippen molar-refractivity contribution in [2.45, 2.75) is 16.5 Å². The summed E-state index contributed by atoms with van der Waals surface area (Å²) in [5.74, 6) is 2.95. The Balaban J connectivity index is 1.37. The molecule has 0 saturated heterocycles. The molecule has 0 atom stereocenters. The number of hydrogen-bond donors (Lipinski definition) is 1. The lowest BCUT2D eigenvalue weighted by Crippen LogP contribution is -2.16. The molecule has 37 heavy (non-hydrogen) atoms. The average Bonchev–Trinajstić information content (AvgIpc) is 3.59. The van der Waals surface area contributed by atoms with Crippen LogP contribution in [-0.4, -0.2) is 40.5 Å². The maximum absolute atomic E-state index is 13.7. The fraction of sp³-hybridized carbons (Fsp3) is 0.192. The van der Waals surface area contributed by atoms with Gasteiger partial charge in [-0.2, -0.15) is 4.98 Å². The van der Waals surface area contributed by atoms with Crippen LogP contribution in [0.4, 0.5) is 5.88 Å². The highest BCUT2D eigenvalue weighted by Crippen LogP contribution is 2.38. The molecular weight excluding hydrogens is 500 g/mol. The molecule has 0 spiro atoms. The number of nitrogens with zero attached hydrogens (tertiary/aromatic N) is 1. The van der Waals surface area contributed by atoms with E-state index in [9.17, 15) is 8.42 Å². The summed E-state index contributed by atoms with van der Waals surface area (Å²) >= 11 is 0. The molecule has 1 N–H and O–H groups in total. The molecule has 0 saturated carbocycles. The van der Waals surface area contributed by atoms with Gasteiger partial charge < -0.3 is 33.4 Å². The normalized spacial score (nSPS) is 13.9. The molecule has 0 unspecified atom stereocenters. The Morgan fingerprint density at radius 1 is 0.865 bits per heavy atom. The highest BCUT2D eigenvalue weighted by molar-refractivity contribution is 7.91. The van der Waals surface area contributed by atoms with Gasteiger partial charge in [0.1, 0.15) is 19.0 Å². The molecular formula is C26H22N2O8S. The van der Waals surface area contributed by atoms with Crippen molar-refractivity contribution < 1.29 is 36.5 Å². The van der Waals surface area contributed by atoms with E-state index in [0.29, 0.717) is 47.5 Å². The molecule has 0 aliphatic carbocycles. The highest BCUT2D eigenvalue weighted by atomic mass is 32.2. The van der Waals surface area contributed by atoms with Gasteiger partial charge in [-0.05, 0) is 54.1 Å². The van der Waals surface area contributed by atoms with E-state index in [1.54, 1.807) is 43.5 Å². The lowest BCUT2D eigenvalue weighted by molar-refractivity contribution is 0.171. The molecule has 3 heterocycles. The van der Waals surface area contributed by atoms with Gasteiger partial charge in [0.15, 0.2) is 23.0 Å². The Hall–Kier alpha value is -4.38. The van der Waals surface area contributed by atoms with Gasteiger partial charge in [-0.25, -0.2) is 8.42 Å². The number of aromatic nitrogens is 1. The van der Waals surface area contributed by atoms with Crippen molar-refractivity contribution in [2.24, 2.45) is 0 Å². The number of oxazole rings is 1. The second kappa shape index (κ2) is 9.25. The number of fused-ring (bicyclic) bond motifs is 2. The van der Waals surface area contributed by atoms with Crippen molar-refractivity contribution in [3.63, 3.8) is 0 Å². The maximum Gasteiger partial charge on any atom is 0.234 e. The van der Waals surface area contributed by atoms with Gasteiger partial charge in [-0.1, -0.05) is 6.07 Å². The van der Waals surface area contributed by atoms with E-state index in [0.717, 1.165) is 5.56 Å². The zero-order chi connectivity index (χ0) is 25.4. The summed E-state index contributed by atoms with van der Waals surface area (Å²) in [5, 5.41) is 2.85. The van der Waals surface area contributed by atoms with E-state index >= 15 is 0 Å². The van der Waals surface area contributed by atoms with Crippen LogP contribution in [0.2, 0.25) is 0 Å². The molecule has 0 radical (unpaired) electrons. The van der Waals surface area contributed by atoms with E-state index in [4.69, 9.17) is 28.1 Å². The van der Waals surface area contributed by atoms with Crippen LogP contribution in [0.3, 0.4) is 0 Å². The van der Waals surface area contributed by atoms with Gasteiger partial charge in [-0.15, -0.1) is 0 Å². The van der Waals surface area contributed by atoms with Crippen LogP contribution in [0.15, 0.2) is 75.0 Å². The van der Waals surface area contributed by atoms with Gasteiger partial charge in [0.2, 0.25) is 33.4 Å². The smallest absolute Gasteiger partial charge is 0.234 e. The zero-order valence-corrected chi connectivity index (χ0v) is 20.5. The Morgan fingerprint density at radius 3 is 2.38 bits per heavy atom. The van der Waals surface area contributed by atoms with E-state index in [2.05, 4.69) is 10.3 Å². The molecule has 2 aliphatic heterocycles. The minimum atomic E-state index is -4.09. The van der Waals surface area contributed by atoms with Crippen molar-refractivity contribution in [3.8, 4) is 40.2 Å². The van der Waals surface area contributed by atoms with E-state index < -0.39 is 9.84 Å². The molecule has 2 aliphatic rings. The first kappa shape index (κ1) is 23.0. The first-order valence-electron chi connectivity index (χ1n) is 11.4. The molecule has 1 aromatic heterocycles. The SMILES string of the molecule is COc1ccc(-c2nc(S(=O)(=O)c3ccc4c(c3)OCCO4)c(NCc3ccc4c(c3)OCO4)o2)cc1. The highest BCUT2D eigenvalue weighted by Gasteiger charge is 2.30. The van der Waals surface area contributed by atoms with Crippen LogP contribution in [-0.2, 0) is 16.4 Å². The third-order valence-corrected chi connectivity index (χ3v) is 7.56. The fourth-order valence-corrected chi connectivity index (χ4v) is 5.29. The van der Waals surface area contributed by atoms with Gasteiger partial charge in [-0.3, -0.25) is 0 Å². The van der Waals surface area contributed by atoms with Crippen LogP contribution in [0.25, 0.3) is 11.5 Å². The van der Waals surface area contributed by atoms with Crippen LogP contribution in [0.1, 0.15) is 5.56 Å². The van der Waals surface area contributed by atoms with Crippen molar-refractivity contribution in [1.82, 2.24) is 4.98 Å². The molecule has 3 aromatic carbocycles. The van der Waals surface area contributed by atoms with Crippen molar-refractivity contribution in [3.05, 3.63) is 66.2 Å². The van der Waals surface area contributed by atoms with Crippen molar-refractivity contribution in [1.29, 1.82) is 0 Å². The molecule has 10 nitrogen and oxygen atoms in total. The van der Waals surface area contributed by atoms with Gasteiger partial charge >= 0.3 is 0 Å². The Kier molecular flexibility index (Phi) is 5.76. The summed E-state index contributed by atoms with van der Waals surface area (Å²) in [6.07, 6.45) is 0. The minimum absolute atomic E-state index is 0.0115. The van der Waals surface area contributed by atoms with Gasteiger partial charge in [0.25, 0.3) is 0 Å². The number of methoxy groups -OCH3 is 1. The van der Waals surface area contributed by atoms with Crippen LogP contribution in [0, 0.1) is 0 Å². The summed E-state index contributed by atoms with van der Waals surface area (Å²) in [4.78, 5) is 4.40. The fourth-order valence-electron chi connectivity index (χ4n) is 3.99. The van der Waals surface area contributed by atoms with Gasteiger partial charge in [0, 0.05) is 18.2 Å². The zero-order valence-electron chi connectivity index (χ0n) is 19.7. The predicted octanol–water partition coefficient (Wildman–Crippen LogP) is 4.30. The topological polar surface area (TPSA) is 118 Å². The second-order valence-electron chi connectivity index (χ2n) is 8.23. The van der Waals surface area contributed by atoms with E-state index in [1.807, 2.05) is 12.1 Å². The standard InChI is InChI=1S/C26H22N2O8S/c1-31-18-5-3-17(4-6-18)24-28-26(37(29,30)19-7-9-20-23(13-19)33-11-10-32-20)25(36-24)27-14-16-2-8-21-22(12-16)35-15-34-21/h2-9,12-13,27H,10-11,14-15H2,1H3. The third-order valence-electron chi connectivity index (χ3n) is 5.90. The molecule has 0 fully saturated rings. The van der Waals surface area contributed by atoms with Crippen LogP contribution >= 0.6 is 0 Å². The first-order valence-corrected chi connectivity index (χ1v) is 12.9. The third kappa shape index (κ3) is 4.38. The number of rotatable bonds is 7. The Labute approximate surface area is 212 Å². The molecule has 11 heteroatoms. The van der Waals surface area contributed by atoms with Crippen LogP contribution < -0.4 is 29.0 Å². The predicted molar refractivity (Wildman–Crippen MR) is 131 cm³/mol. The largest absolute Gasteiger partial charge is 0.497 e. The monoisotopic (exact) mass is 522 g/mol. The number of nitrogens with one attached hydrogen (secondary N) is 1. The van der Waals surface area contributed by atoms with Crippen molar-refractivity contribution in [2.75, 3.05) is 32.4 Å². The molecule has 6 rings (SSSR count). The number of hydrogen-bond acceptors (Lipinski definition) is 10. The summed E-state index contributed by atoms with van der Waals surface area (Å²) in [5.41, 5.74) is 1.44.